The van der Waals surface area contributed by atoms with Crippen molar-refractivity contribution in [3.05, 3.63) is 59.7 Å². The average Bonchev–Trinajstić information content (AvgIpc) is 2.89. The molecule has 1 aliphatic heterocycles. The Kier molecular flexibility index (Phi) is 3.73. The Morgan fingerprint density at radius 2 is 1.59 bits per heavy atom. The summed E-state index contributed by atoms with van der Waals surface area (Å²) < 4.78 is 6.42. The first-order valence-corrected chi connectivity index (χ1v) is 8.34. The van der Waals surface area contributed by atoms with Gasteiger partial charge in [-0.1, -0.05) is 55.0 Å². The van der Waals surface area contributed by atoms with E-state index >= 15 is 0 Å². The molecule has 0 spiro atoms. The van der Waals surface area contributed by atoms with Crippen LogP contribution in [0.15, 0.2) is 48.5 Å². The molecule has 0 saturated carbocycles. The molecule has 1 unspecified atom stereocenters. The molecule has 1 saturated heterocycles. The van der Waals surface area contributed by atoms with Gasteiger partial charge in [0.2, 0.25) is 0 Å². The molecule has 4 rings (SSSR count). The highest BCUT2D eigenvalue weighted by molar-refractivity contribution is 5.78. The SMILES string of the molecule is CN1CCCCC1COC1c2ccccc2-c2ccccc21. The largest absolute Gasteiger partial charge is 0.367 e. The molecule has 0 amide bonds. The maximum absolute atomic E-state index is 6.42. The van der Waals surface area contributed by atoms with Gasteiger partial charge in [0, 0.05) is 6.04 Å². The van der Waals surface area contributed by atoms with Gasteiger partial charge in [-0.2, -0.15) is 0 Å². The van der Waals surface area contributed by atoms with Crippen LogP contribution in [0.3, 0.4) is 0 Å². The van der Waals surface area contributed by atoms with Crippen LogP contribution in [0.2, 0.25) is 0 Å². The first-order chi connectivity index (χ1) is 10.8. The summed E-state index contributed by atoms with van der Waals surface area (Å²) in [6.07, 6.45) is 4.01. The standard InChI is InChI=1S/C20H23NO/c1-21-13-7-6-8-15(21)14-22-20-18-11-4-2-9-16(18)17-10-3-5-12-19(17)20/h2-5,9-12,15,20H,6-8,13-14H2,1H3. The van der Waals surface area contributed by atoms with E-state index in [1.165, 1.54) is 48.1 Å². The van der Waals surface area contributed by atoms with Crippen LogP contribution in [-0.2, 0) is 4.74 Å². The summed E-state index contributed by atoms with van der Waals surface area (Å²) in [5.41, 5.74) is 5.31. The van der Waals surface area contributed by atoms with E-state index in [-0.39, 0.29) is 6.10 Å². The van der Waals surface area contributed by atoms with Gasteiger partial charge in [0.15, 0.2) is 0 Å². The molecule has 1 aliphatic carbocycles. The first-order valence-electron chi connectivity index (χ1n) is 8.34. The Labute approximate surface area is 132 Å². The van der Waals surface area contributed by atoms with Gasteiger partial charge >= 0.3 is 0 Å². The molecule has 1 heterocycles. The van der Waals surface area contributed by atoms with Gasteiger partial charge in [-0.3, -0.25) is 0 Å². The van der Waals surface area contributed by atoms with Crippen LogP contribution in [0.1, 0.15) is 36.5 Å². The first kappa shape index (κ1) is 14.0. The zero-order valence-corrected chi connectivity index (χ0v) is 13.2. The van der Waals surface area contributed by atoms with Gasteiger partial charge in [-0.25, -0.2) is 0 Å². The van der Waals surface area contributed by atoms with E-state index in [1.54, 1.807) is 0 Å². The van der Waals surface area contributed by atoms with Crippen molar-refractivity contribution in [2.45, 2.75) is 31.4 Å². The second-order valence-corrected chi connectivity index (χ2v) is 6.52. The van der Waals surface area contributed by atoms with E-state index in [9.17, 15) is 0 Å². The van der Waals surface area contributed by atoms with Gasteiger partial charge in [-0.05, 0) is 48.7 Å². The van der Waals surface area contributed by atoms with Gasteiger partial charge < -0.3 is 9.64 Å². The number of fused-ring (bicyclic) bond motifs is 3. The highest BCUT2D eigenvalue weighted by atomic mass is 16.5. The number of rotatable bonds is 3. The maximum Gasteiger partial charge on any atom is 0.109 e. The molecule has 2 heteroatoms. The van der Waals surface area contributed by atoms with Crippen LogP contribution >= 0.6 is 0 Å². The average molecular weight is 293 g/mol. The summed E-state index contributed by atoms with van der Waals surface area (Å²) in [4.78, 5) is 2.45. The number of hydrogen-bond donors (Lipinski definition) is 0. The number of nitrogens with zero attached hydrogens (tertiary/aromatic N) is 1. The molecular weight excluding hydrogens is 270 g/mol. The van der Waals surface area contributed by atoms with E-state index in [0.717, 1.165) is 6.61 Å². The predicted molar refractivity (Wildman–Crippen MR) is 89.9 cm³/mol. The molecular formula is C20H23NO. The van der Waals surface area contributed by atoms with Gasteiger partial charge in [0.25, 0.3) is 0 Å². The number of benzene rings is 2. The van der Waals surface area contributed by atoms with E-state index in [0.29, 0.717) is 6.04 Å². The third-order valence-electron chi connectivity index (χ3n) is 5.15. The summed E-state index contributed by atoms with van der Waals surface area (Å²) in [6.45, 7) is 2.02. The number of ether oxygens (including phenoxy) is 1. The second kappa shape index (κ2) is 5.86. The lowest BCUT2D eigenvalue weighted by atomic mass is 10.0. The molecule has 0 aromatic heterocycles. The topological polar surface area (TPSA) is 12.5 Å². The van der Waals surface area contributed by atoms with Crippen molar-refractivity contribution in [3.63, 3.8) is 0 Å². The predicted octanol–water partition coefficient (Wildman–Crippen LogP) is 4.26. The molecule has 1 atom stereocenters. The van der Waals surface area contributed by atoms with Crippen molar-refractivity contribution < 1.29 is 4.74 Å². The third-order valence-corrected chi connectivity index (χ3v) is 5.15. The molecule has 0 N–H and O–H groups in total. The number of likely N-dealkylation sites (N-methyl/N-ethyl adjacent to an activating group) is 1. The number of piperidine rings is 1. The molecule has 0 bridgehead atoms. The Morgan fingerprint density at radius 3 is 2.23 bits per heavy atom. The minimum Gasteiger partial charge on any atom is -0.367 e. The molecule has 2 aliphatic rings. The van der Waals surface area contributed by atoms with Crippen molar-refractivity contribution in [1.82, 2.24) is 4.90 Å². The molecule has 2 aromatic rings. The molecule has 1 fully saturated rings. The second-order valence-electron chi connectivity index (χ2n) is 6.52. The lowest BCUT2D eigenvalue weighted by molar-refractivity contribution is 0.0221. The minimum atomic E-state index is 0.0997. The van der Waals surface area contributed by atoms with E-state index < -0.39 is 0 Å². The Morgan fingerprint density at radius 1 is 0.955 bits per heavy atom. The normalized spacial score (nSPS) is 21.6. The van der Waals surface area contributed by atoms with Crippen molar-refractivity contribution >= 4 is 0 Å². The zero-order chi connectivity index (χ0) is 14.9. The molecule has 2 nitrogen and oxygen atoms in total. The van der Waals surface area contributed by atoms with Gasteiger partial charge in [-0.15, -0.1) is 0 Å². The van der Waals surface area contributed by atoms with Crippen molar-refractivity contribution in [2.24, 2.45) is 0 Å². The zero-order valence-electron chi connectivity index (χ0n) is 13.2. The molecule has 2 aromatic carbocycles. The van der Waals surface area contributed by atoms with Crippen LogP contribution in [0.5, 0.6) is 0 Å². The van der Waals surface area contributed by atoms with Crippen LogP contribution < -0.4 is 0 Å². The Hall–Kier alpha value is -1.64. The van der Waals surface area contributed by atoms with Crippen LogP contribution in [0, 0.1) is 0 Å². The van der Waals surface area contributed by atoms with E-state index in [2.05, 4.69) is 60.5 Å². The smallest absolute Gasteiger partial charge is 0.109 e. The highest BCUT2D eigenvalue weighted by Crippen LogP contribution is 2.45. The summed E-state index contributed by atoms with van der Waals surface area (Å²) in [6, 6.07) is 17.9. The lowest BCUT2D eigenvalue weighted by Crippen LogP contribution is -2.39. The molecule has 22 heavy (non-hydrogen) atoms. The molecule has 114 valence electrons. The monoisotopic (exact) mass is 293 g/mol. The van der Waals surface area contributed by atoms with Gasteiger partial charge in [0.1, 0.15) is 6.10 Å². The van der Waals surface area contributed by atoms with Crippen molar-refractivity contribution in [1.29, 1.82) is 0 Å². The van der Waals surface area contributed by atoms with Gasteiger partial charge in [0.05, 0.1) is 6.61 Å². The lowest BCUT2D eigenvalue weighted by Gasteiger charge is -2.33. The third kappa shape index (κ3) is 2.37. The Balaban J connectivity index is 1.59. The van der Waals surface area contributed by atoms with Crippen molar-refractivity contribution in [2.75, 3.05) is 20.2 Å². The van der Waals surface area contributed by atoms with E-state index in [1.807, 2.05) is 0 Å². The number of hydrogen-bond acceptors (Lipinski definition) is 2. The highest BCUT2D eigenvalue weighted by Gasteiger charge is 2.30. The van der Waals surface area contributed by atoms with Crippen LogP contribution in [0.4, 0.5) is 0 Å². The number of likely N-dealkylation sites (tertiary alicyclic amines) is 1. The summed E-state index contributed by atoms with van der Waals surface area (Å²) >= 11 is 0. The minimum absolute atomic E-state index is 0.0997. The fraction of sp³-hybridized carbons (Fsp3) is 0.400. The van der Waals surface area contributed by atoms with Crippen LogP contribution in [-0.4, -0.2) is 31.1 Å². The maximum atomic E-state index is 6.42. The Bertz CT molecular complexity index is 621. The summed E-state index contributed by atoms with van der Waals surface area (Å²) in [7, 11) is 2.23. The quantitative estimate of drug-likeness (QED) is 0.838. The van der Waals surface area contributed by atoms with E-state index in [4.69, 9.17) is 4.74 Å². The van der Waals surface area contributed by atoms with Crippen LogP contribution in [0.25, 0.3) is 11.1 Å². The fourth-order valence-corrected chi connectivity index (χ4v) is 3.85. The fourth-order valence-electron chi connectivity index (χ4n) is 3.85. The summed E-state index contributed by atoms with van der Waals surface area (Å²) in [5, 5.41) is 0. The van der Waals surface area contributed by atoms with Crippen molar-refractivity contribution in [3.8, 4) is 11.1 Å². The summed E-state index contributed by atoms with van der Waals surface area (Å²) in [5.74, 6) is 0. The molecule has 0 radical (unpaired) electrons.